The molecule has 19 heavy (non-hydrogen) atoms. The molecular weight excluding hydrogens is 280 g/mol. The largest absolute Gasteiger partial charge is 0.444 e. The number of nitrogens with one attached hydrogen (secondary N) is 1. The predicted octanol–water partition coefficient (Wildman–Crippen LogP) is 2.83. The lowest BCUT2D eigenvalue weighted by Gasteiger charge is -2.20. The molecule has 1 amide bonds. The lowest BCUT2D eigenvalue weighted by Crippen LogP contribution is -2.27. The van der Waals surface area contributed by atoms with Crippen molar-refractivity contribution < 1.29 is 26.2 Å². The van der Waals surface area contributed by atoms with E-state index in [1.54, 1.807) is 20.8 Å². The number of ether oxygens (including phenoxy) is 1. The molecule has 0 aromatic heterocycles. The van der Waals surface area contributed by atoms with Gasteiger partial charge >= 0.3 is 16.3 Å². The van der Waals surface area contributed by atoms with Crippen LogP contribution in [0.5, 0.6) is 0 Å². The number of carbonyl (C=O) groups excluding carboxylic acids is 1. The zero-order chi connectivity index (χ0) is 14.8. The second-order valence-electron chi connectivity index (χ2n) is 4.71. The van der Waals surface area contributed by atoms with Crippen LogP contribution < -0.4 is 5.32 Å². The summed E-state index contributed by atoms with van der Waals surface area (Å²) in [7, 11) is -5.16. The maximum Gasteiger partial charge on any atom is 0.412 e. The Morgan fingerprint density at radius 3 is 2.37 bits per heavy atom. The highest BCUT2D eigenvalue weighted by molar-refractivity contribution is 7.86. The Kier molecular flexibility index (Phi) is 4.14. The Labute approximate surface area is 109 Å². The number of amides is 1. The third kappa shape index (κ3) is 4.82. The third-order valence-corrected chi connectivity index (χ3v) is 2.71. The molecule has 0 unspecified atom stereocenters. The van der Waals surface area contributed by atoms with Crippen molar-refractivity contribution in [3.8, 4) is 0 Å². The van der Waals surface area contributed by atoms with Crippen LogP contribution >= 0.6 is 0 Å². The van der Waals surface area contributed by atoms with Gasteiger partial charge in [-0.2, -0.15) is 8.42 Å². The molecule has 1 aromatic carbocycles. The highest BCUT2D eigenvalue weighted by Gasteiger charge is 2.22. The van der Waals surface area contributed by atoms with E-state index in [0.29, 0.717) is 6.07 Å². The highest BCUT2D eigenvalue weighted by atomic mass is 32.3. The van der Waals surface area contributed by atoms with Gasteiger partial charge in [-0.1, -0.05) is 0 Å². The van der Waals surface area contributed by atoms with E-state index in [1.807, 2.05) is 0 Å². The van der Waals surface area contributed by atoms with Crippen molar-refractivity contribution in [3.05, 3.63) is 24.0 Å². The summed E-state index contributed by atoms with van der Waals surface area (Å²) in [6.45, 7) is 4.80. The molecule has 1 N–H and O–H groups in total. The summed E-state index contributed by atoms with van der Waals surface area (Å²) in [4.78, 5) is 10.5. The summed E-state index contributed by atoms with van der Waals surface area (Å²) in [5.74, 6) is -0.939. The zero-order valence-corrected chi connectivity index (χ0v) is 11.3. The molecule has 0 saturated heterocycles. The zero-order valence-electron chi connectivity index (χ0n) is 10.5. The Morgan fingerprint density at radius 2 is 1.89 bits per heavy atom. The maximum absolute atomic E-state index is 13.0. The van der Waals surface area contributed by atoms with Gasteiger partial charge in [-0.25, -0.2) is 9.18 Å². The summed E-state index contributed by atoms with van der Waals surface area (Å²) in [5, 5.41) is 2.05. The lowest BCUT2D eigenvalue weighted by molar-refractivity contribution is 0.0635. The van der Waals surface area contributed by atoms with Gasteiger partial charge in [0, 0.05) is 0 Å². The van der Waals surface area contributed by atoms with Crippen molar-refractivity contribution in [1.82, 2.24) is 0 Å². The molecule has 106 valence electrons. The summed E-state index contributed by atoms with van der Waals surface area (Å²) >= 11 is 0. The Bertz CT molecular complexity index is 593. The summed E-state index contributed by atoms with van der Waals surface area (Å²) in [5.41, 5.74) is -1.20. The van der Waals surface area contributed by atoms with Gasteiger partial charge in [0.25, 0.3) is 0 Å². The predicted molar refractivity (Wildman–Crippen MR) is 64.6 cm³/mol. The number of benzene rings is 1. The van der Waals surface area contributed by atoms with Crippen LogP contribution in [0.2, 0.25) is 0 Å². The summed E-state index contributed by atoms with van der Waals surface area (Å²) in [6, 6.07) is 2.30. The molecule has 0 saturated carbocycles. The molecule has 0 atom stereocenters. The molecule has 1 rings (SSSR count). The molecule has 0 aliphatic heterocycles. The van der Waals surface area contributed by atoms with Crippen LogP contribution in [0.25, 0.3) is 0 Å². The van der Waals surface area contributed by atoms with E-state index < -0.39 is 38.3 Å². The minimum absolute atomic E-state index is 0.391. The second-order valence-corrected chi connectivity index (χ2v) is 6.02. The van der Waals surface area contributed by atoms with Crippen LogP contribution in [0.1, 0.15) is 20.8 Å². The van der Waals surface area contributed by atoms with Gasteiger partial charge in [-0.05, 0) is 39.0 Å². The fourth-order valence-corrected chi connectivity index (χ4v) is 1.85. The average Bonchev–Trinajstić information content (AvgIpc) is 2.16. The molecule has 0 radical (unpaired) electrons. The van der Waals surface area contributed by atoms with Crippen LogP contribution in [-0.2, 0) is 15.0 Å². The lowest BCUT2D eigenvalue weighted by atomic mass is 10.2. The van der Waals surface area contributed by atoms with Gasteiger partial charge in [0.15, 0.2) is 0 Å². The van der Waals surface area contributed by atoms with Crippen LogP contribution in [0, 0.1) is 5.82 Å². The van der Waals surface area contributed by atoms with Crippen molar-refractivity contribution in [2.75, 3.05) is 5.32 Å². The molecule has 0 spiro atoms. The minimum Gasteiger partial charge on any atom is -0.444 e. The molecular formula is C11H13F2NO4S. The van der Waals surface area contributed by atoms with Gasteiger partial charge in [-0.15, -0.1) is 3.89 Å². The van der Waals surface area contributed by atoms with E-state index in [1.165, 1.54) is 0 Å². The number of anilines is 1. The van der Waals surface area contributed by atoms with Gasteiger partial charge in [0.05, 0.1) is 5.69 Å². The first-order valence-corrected chi connectivity index (χ1v) is 6.61. The fourth-order valence-electron chi connectivity index (χ4n) is 1.21. The SMILES string of the molecule is CC(C)(C)OC(=O)Nc1ccc(F)cc1S(=O)(=O)F. The molecule has 0 aliphatic rings. The van der Waals surface area contributed by atoms with E-state index >= 15 is 0 Å². The minimum atomic E-state index is -5.16. The molecule has 1 aromatic rings. The molecule has 0 heterocycles. The van der Waals surface area contributed by atoms with E-state index in [4.69, 9.17) is 4.74 Å². The van der Waals surface area contributed by atoms with E-state index in [0.717, 1.165) is 12.1 Å². The van der Waals surface area contributed by atoms with E-state index in [2.05, 4.69) is 5.32 Å². The third-order valence-electron chi connectivity index (χ3n) is 1.84. The maximum atomic E-state index is 13.0. The smallest absolute Gasteiger partial charge is 0.412 e. The first kappa shape index (κ1) is 15.4. The molecule has 8 heteroatoms. The molecule has 5 nitrogen and oxygen atoms in total. The van der Waals surface area contributed by atoms with Crippen LogP contribution in [0.3, 0.4) is 0 Å². The van der Waals surface area contributed by atoms with Gasteiger partial charge in [-0.3, -0.25) is 5.32 Å². The Morgan fingerprint density at radius 1 is 1.32 bits per heavy atom. The first-order chi connectivity index (χ1) is 8.49. The fraction of sp³-hybridized carbons (Fsp3) is 0.364. The highest BCUT2D eigenvalue weighted by Crippen LogP contribution is 2.24. The standard InChI is InChI=1S/C11H13F2NO4S/c1-11(2,3)18-10(15)14-8-5-4-7(12)6-9(8)19(13,16)17/h4-6H,1-3H3,(H,14,15). The number of carbonyl (C=O) groups is 1. The quantitative estimate of drug-likeness (QED) is 0.851. The van der Waals surface area contributed by atoms with Crippen molar-refractivity contribution in [3.63, 3.8) is 0 Å². The molecule has 0 fully saturated rings. The first-order valence-electron chi connectivity index (χ1n) is 5.23. The van der Waals surface area contributed by atoms with Gasteiger partial charge in [0.1, 0.15) is 16.3 Å². The molecule has 0 bridgehead atoms. The average molecular weight is 293 g/mol. The topological polar surface area (TPSA) is 72.5 Å². The van der Waals surface area contributed by atoms with E-state index in [-0.39, 0.29) is 0 Å². The van der Waals surface area contributed by atoms with Crippen molar-refractivity contribution in [2.45, 2.75) is 31.3 Å². The van der Waals surface area contributed by atoms with Crippen LogP contribution in [0.15, 0.2) is 23.1 Å². The number of halogens is 2. The van der Waals surface area contributed by atoms with Crippen molar-refractivity contribution >= 4 is 22.0 Å². The monoisotopic (exact) mass is 293 g/mol. The van der Waals surface area contributed by atoms with Gasteiger partial charge in [0.2, 0.25) is 0 Å². The number of hydrogen-bond acceptors (Lipinski definition) is 4. The van der Waals surface area contributed by atoms with Crippen molar-refractivity contribution in [1.29, 1.82) is 0 Å². The van der Waals surface area contributed by atoms with Gasteiger partial charge < -0.3 is 4.74 Å². The summed E-state index contributed by atoms with van der Waals surface area (Å²) < 4.78 is 52.4. The van der Waals surface area contributed by atoms with E-state index in [9.17, 15) is 21.5 Å². The van der Waals surface area contributed by atoms with Crippen LogP contribution in [-0.4, -0.2) is 20.1 Å². The van der Waals surface area contributed by atoms with Crippen LogP contribution in [0.4, 0.5) is 18.8 Å². The normalized spacial score (nSPS) is 12.1. The number of hydrogen-bond donors (Lipinski definition) is 1. The second kappa shape index (κ2) is 5.12. The Hall–Kier alpha value is -1.70. The summed E-state index contributed by atoms with van der Waals surface area (Å²) in [6.07, 6.45) is -0.969. The van der Waals surface area contributed by atoms with Crippen molar-refractivity contribution in [2.24, 2.45) is 0 Å². The number of rotatable bonds is 2. The molecule has 0 aliphatic carbocycles. The Balaban J connectivity index is 3.06.